The average Bonchev–Trinajstić information content (AvgIpc) is 2.99. The number of hydrogen-bond donors (Lipinski definition) is 0. The maximum atomic E-state index is 2.32. The fourth-order valence-electron chi connectivity index (χ4n) is 5.28. The SMILES string of the molecule is C1=CC=C(C2c3ccccc3-c3cccc(-c4ccccc4-c4ccccc4)c32)CC=C1. The molecule has 0 fully saturated rings. The van der Waals surface area contributed by atoms with E-state index in [-0.39, 0.29) is 5.92 Å². The number of hydrogen-bond acceptors (Lipinski definition) is 0. The molecule has 0 nitrogen and oxygen atoms in total. The zero-order valence-corrected chi connectivity index (χ0v) is 17.9. The Kier molecular flexibility index (Phi) is 4.70. The van der Waals surface area contributed by atoms with Gasteiger partial charge < -0.3 is 0 Å². The first-order chi connectivity index (χ1) is 15.9. The van der Waals surface area contributed by atoms with Gasteiger partial charge in [-0.15, -0.1) is 0 Å². The van der Waals surface area contributed by atoms with Crippen LogP contribution in [0, 0.1) is 0 Å². The molecule has 0 aliphatic heterocycles. The van der Waals surface area contributed by atoms with Crippen LogP contribution in [-0.2, 0) is 0 Å². The fraction of sp³-hybridized carbons (Fsp3) is 0.0625. The van der Waals surface area contributed by atoms with Crippen LogP contribution in [0.15, 0.2) is 133 Å². The highest BCUT2D eigenvalue weighted by Gasteiger charge is 2.33. The summed E-state index contributed by atoms with van der Waals surface area (Å²) >= 11 is 0. The molecule has 4 aromatic carbocycles. The second kappa shape index (κ2) is 7.98. The van der Waals surface area contributed by atoms with Crippen LogP contribution in [0.1, 0.15) is 23.5 Å². The molecular weight excluding hydrogens is 384 g/mol. The number of allylic oxidation sites excluding steroid dienone is 6. The predicted molar refractivity (Wildman–Crippen MR) is 136 cm³/mol. The van der Waals surface area contributed by atoms with Crippen LogP contribution < -0.4 is 0 Å². The van der Waals surface area contributed by atoms with Crippen molar-refractivity contribution in [3.05, 3.63) is 144 Å². The van der Waals surface area contributed by atoms with Crippen molar-refractivity contribution in [1.82, 2.24) is 0 Å². The van der Waals surface area contributed by atoms with Crippen molar-refractivity contribution >= 4 is 0 Å². The molecule has 0 N–H and O–H groups in total. The summed E-state index contributed by atoms with van der Waals surface area (Å²) in [7, 11) is 0. The van der Waals surface area contributed by atoms with E-state index in [1.54, 1.807) is 0 Å². The van der Waals surface area contributed by atoms with E-state index in [0.717, 1.165) is 6.42 Å². The lowest BCUT2D eigenvalue weighted by Gasteiger charge is -2.21. The second-order valence-electron chi connectivity index (χ2n) is 8.46. The summed E-state index contributed by atoms with van der Waals surface area (Å²) in [6, 6.07) is 35.3. The van der Waals surface area contributed by atoms with Gasteiger partial charge in [-0.3, -0.25) is 0 Å². The first-order valence-electron chi connectivity index (χ1n) is 11.3. The highest BCUT2D eigenvalue weighted by Crippen LogP contribution is 2.53. The van der Waals surface area contributed by atoms with Gasteiger partial charge in [-0.25, -0.2) is 0 Å². The minimum Gasteiger partial charge on any atom is -0.0804 e. The van der Waals surface area contributed by atoms with Crippen LogP contribution in [-0.4, -0.2) is 0 Å². The van der Waals surface area contributed by atoms with E-state index in [1.165, 1.54) is 50.1 Å². The van der Waals surface area contributed by atoms with Gasteiger partial charge in [-0.1, -0.05) is 133 Å². The molecule has 0 bridgehead atoms. The van der Waals surface area contributed by atoms with Crippen molar-refractivity contribution in [3.63, 3.8) is 0 Å². The molecule has 6 rings (SSSR count). The lowest BCUT2D eigenvalue weighted by atomic mass is 9.82. The monoisotopic (exact) mass is 408 g/mol. The highest BCUT2D eigenvalue weighted by molar-refractivity contribution is 5.92. The molecule has 1 unspecified atom stereocenters. The Labute approximate surface area is 189 Å². The highest BCUT2D eigenvalue weighted by atomic mass is 14.4. The average molecular weight is 409 g/mol. The quantitative estimate of drug-likeness (QED) is 0.318. The van der Waals surface area contributed by atoms with Crippen LogP contribution in [0.25, 0.3) is 33.4 Å². The second-order valence-corrected chi connectivity index (χ2v) is 8.46. The topological polar surface area (TPSA) is 0 Å². The smallest absolute Gasteiger partial charge is 0.0323 e. The van der Waals surface area contributed by atoms with Crippen molar-refractivity contribution in [2.45, 2.75) is 12.3 Å². The molecule has 0 radical (unpaired) electrons. The van der Waals surface area contributed by atoms with E-state index in [4.69, 9.17) is 0 Å². The van der Waals surface area contributed by atoms with Crippen molar-refractivity contribution in [3.8, 4) is 33.4 Å². The molecular formula is C32H24. The van der Waals surface area contributed by atoms with E-state index in [0.29, 0.717) is 0 Å². The summed E-state index contributed by atoms with van der Waals surface area (Å²) in [6.45, 7) is 0. The molecule has 152 valence electrons. The van der Waals surface area contributed by atoms with Crippen LogP contribution in [0.5, 0.6) is 0 Å². The van der Waals surface area contributed by atoms with Crippen LogP contribution >= 0.6 is 0 Å². The van der Waals surface area contributed by atoms with Crippen LogP contribution in [0.4, 0.5) is 0 Å². The van der Waals surface area contributed by atoms with Crippen LogP contribution in [0.2, 0.25) is 0 Å². The van der Waals surface area contributed by atoms with E-state index in [9.17, 15) is 0 Å². The van der Waals surface area contributed by atoms with Gasteiger partial charge in [0.05, 0.1) is 0 Å². The summed E-state index contributed by atoms with van der Waals surface area (Å²) in [5, 5.41) is 0. The van der Waals surface area contributed by atoms with E-state index < -0.39 is 0 Å². The number of fused-ring (bicyclic) bond motifs is 3. The molecule has 0 heteroatoms. The Balaban J connectivity index is 1.62. The molecule has 0 spiro atoms. The van der Waals surface area contributed by atoms with E-state index in [2.05, 4.69) is 127 Å². The lowest BCUT2D eigenvalue weighted by Crippen LogP contribution is -2.03. The summed E-state index contributed by atoms with van der Waals surface area (Å²) < 4.78 is 0. The molecule has 4 aromatic rings. The summed E-state index contributed by atoms with van der Waals surface area (Å²) in [6.07, 6.45) is 12.0. The third-order valence-corrected chi connectivity index (χ3v) is 6.65. The molecule has 0 amide bonds. The summed E-state index contributed by atoms with van der Waals surface area (Å²) in [5.74, 6) is 0.272. The van der Waals surface area contributed by atoms with Gasteiger partial charge in [-0.05, 0) is 50.9 Å². The maximum Gasteiger partial charge on any atom is 0.0323 e. The molecule has 2 aliphatic rings. The summed E-state index contributed by atoms with van der Waals surface area (Å²) in [5.41, 5.74) is 12.2. The third kappa shape index (κ3) is 3.08. The largest absolute Gasteiger partial charge is 0.0804 e. The molecule has 2 aliphatic carbocycles. The van der Waals surface area contributed by atoms with Crippen LogP contribution in [0.3, 0.4) is 0 Å². The maximum absolute atomic E-state index is 2.32. The number of rotatable bonds is 3. The molecule has 32 heavy (non-hydrogen) atoms. The predicted octanol–water partition coefficient (Wildman–Crippen LogP) is 8.58. The Bertz CT molecular complexity index is 1380. The van der Waals surface area contributed by atoms with E-state index in [1.807, 2.05) is 0 Å². The summed E-state index contributed by atoms with van der Waals surface area (Å²) in [4.78, 5) is 0. The van der Waals surface area contributed by atoms with Gasteiger partial charge in [-0.2, -0.15) is 0 Å². The molecule has 0 saturated heterocycles. The fourth-order valence-corrected chi connectivity index (χ4v) is 5.28. The Hall–Kier alpha value is -3.90. The zero-order valence-electron chi connectivity index (χ0n) is 17.9. The van der Waals surface area contributed by atoms with Gasteiger partial charge in [0, 0.05) is 5.92 Å². The van der Waals surface area contributed by atoms with Gasteiger partial charge in [0.25, 0.3) is 0 Å². The van der Waals surface area contributed by atoms with Crippen molar-refractivity contribution < 1.29 is 0 Å². The molecule has 1 atom stereocenters. The van der Waals surface area contributed by atoms with Gasteiger partial charge in [0.15, 0.2) is 0 Å². The normalized spacial score (nSPS) is 16.2. The molecule has 0 heterocycles. The Morgan fingerprint density at radius 2 is 1.16 bits per heavy atom. The zero-order chi connectivity index (χ0) is 21.3. The Morgan fingerprint density at radius 3 is 2.00 bits per heavy atom. The van der Waals surface area contributed by atoms with Gasteiger partial charge >= 0.3 is 0 Å². The minimum atomic E-state index is 0.272. The lowest BCUT2D eigenvalue weighted by molar-refractivity contribution is 0.939. The van der Waals surface area contributed by atoms with E-state index >= 15 is 0 Å². The van der Waals surface area contributed by atoms with Crippen molar-refractivity contribution in [2.24, 2.45) is 0 Å². The number of benzene rings is 4. The minimum absolute atomic E-state index is 0.272. The third-order valence-electron chi connectivity index (χ3n) is 6.65. The first kappa shape index (κ1) is 18.8. The van der Waals surface area contributed by atoms with Crippen molar-refractivity contribution in [2.75, 3.05) is 0 Å². The molecule has 0 aromatic heterocycles. The standard InChI is InChI=1S/C32H24/c1-2-5-16-24(15-4-1)31-28-20-11-10-19-27(28)30-22-12-21-29(32(30)31)26-18-9-8-17-25(26)23-13-6-3-7-14-23/h1-15,17-22,31H,16H2. The van der Waals surface area contributed by atoms with Gasteiger partial charge in [0.2, 0.25) is 0 Å². The molecule has 0 saturated carbocycles. The van der Waals surface area contributed by atoms with Crippen molar-refractivity contribution in [1.29, 1.82) is 0 Å². The first-order valence-corrected chi connectivity index (χ1v) is 11.3. The van der Waals surface area contributed by atoms with Gasteiger partial charge in [0.1, 0.15) is 0 Å². The Morgan fingerprint density at radius 1 is 0.500 bits per heavy atom.